The lowest BCUT2D eigenvalue weighted by molar-refractivity contribution is 0.156. The molecule has 2 N–H and O–H groups in total. The number of rotatable bonds is 4. The van der Waals surface area contributed by atoms with E-state index in [4.69, 9.17) is 4.74 Å². The Morgan fingerprint density at radius 3 is 2.48 bits per heavy atom. The van der Waals surface area contributed by atoms with Crippen LogP contribution in [0, 0.1) is 5.92 Å². The summed E-state index contributed by atoms with van der Waals surface area (Å²) in [6.45, 7) is 4.34. The second-order valence-electron chi connectivity index (χ2n) is 5.50. The Bertz CT molecular complexity index is 449. The smallest absolute Gasteiger partial charge is 0.160 e. The number of methoxy groups -OCH3 is 1. The van der Waals surface area contributed by atoms with Crippen LogP contribution >= 0.6 is 24.8 Å². The zero-order valence-electron chi connectivity index (χ0n) is 12.2. The van der Waals surface area contributed by atoms with E-state index in [1.807, 2.05) is 12.1 Å². The second-order valence-corrected chi connectivity index (χ2v) is 5.50. The van der Waals surface area contributed by atoms with Crippen molar-refractivity contribution in [1.29, 1.82) is 0 Å². The van der Waals surface area contributed by atoms with Crippen LogP contribution in [0.1, 0.15) is 24.4 Å². The van der Waals surface area contributed by atoms with Crippen molar-refractivity contribution in [3.63, 3.8) is 0 Å². The molecule has 0 spiro atoms. The number of aromatic hydroxyl groups is 1. The molecule has 2 aliphatic rings. The monoisotopic (exact) mass is 334 g/mol. The van der Waals surface area contributed by atoms with Crippen LogP contribution in [0.3, 0.4) is 0 Å². The van der Waals surface area contributed by atoms with Crippen LogP contribution in [0.4, 0.5) is 0 Å². The summed E-state index contributed by atoms with van der Waals surface area (Å²) in [7, 11) is 1.61. The molecule has 21 heavy (non-hydrogen) atoms. The number of hydrogen-bond donors (Lipinski definition) is 2. The number of benzene rings is 1. The van der Waals surface area contributed by atoms with Gasteiger partial charge in [0, 0.05) is 32.2 Å². The number of piperazine rings is 1. The first-order chi connectivity index (χ1) is 9.29. The number of nitrogens with zero attached hydrogens (tertiary/aromatic N) is 1. The zero-order valence-corrected chi connectivity index (χ0v) is 13.9. The molecule has 0 unspecified atom stereocenters. The minimum absolute atomic E-state index is 0. The van der Waals surface area contributed by atoms with Gasteiger partial charge in [-0.2, -0.15) is 0 Å². The highest BCUT2D eigenvalue weighted by atomic mass is 35.5. The van der Waals surface area contributed by atoms with Crippen LogP contribution in [0.15, 0.2) is 18.2 Å². The van der Waals surface area contributed by atoms with Crippen molar-refractivity contribution < 1.29 is 9.84 Å². The fraction of sp³-hybridized carbons (Fsp3) is 0.600. The van der Waals surface area contributed by atoms with E-state index in [0.29, 0.717) is 11.8 Å². The largest absolute Gasteiger partial charge is 0.504 e. The van der Waals surface area contributed by atoms with E-state index in [1.165, 1.54) is 18.4 Å². The topological polar surface area (TPSA) is 44.7 Å². The molecule has 2 fully saturated rings. The van der Waals surface area contributed by atoms with Crippen molar-refractivity contribution in [2.75, 3.05) is 33.3 Å². The van der Waals surface area contributed by atoms with Crippen molar-refractivity contribution in [2.45, 2.75) is 18.9 Å². The van der Waals surface area contributed by atoms with Crippen LogP contribution in [0.2, 0.25) is 0 Å². The van der Waals surface area contributed by atoms with Crippen molar-refractivity contribution in [1.82, 2.24) is 10.2 Å². The van der Waals surface area contributed by atoms with E-state index in [2.05, 4.69) is 10.2 Å². The number of phenolic OH excluding ortho intramolecular Hbond substituents is 1. The molecule has 120 valence electrons. The average molecular weight is 335 g/mol. The van der Waals surface area contributed by atoms with E-state index < -0.39 is 0 Å². The van der Waals surface area contributed by atoms with Crippen LogP contribution < -0.4 is 10.1 Å². The summed E-state index contributed by atoms with van der Waals surface area (Å²) in [5.41, 5.74) is 1.28. The molecule has 3 rings (SSSR count). The lowest BCUT2D eigenvalue weighted by Crippen LogP contribution is -2.45. The standard InChI is InChI=1S/C15H22N2O2.2ClH/c1-19-14-10-12(4-5-13(14)18)15(11-2-3-11)17-8-6-16-7-9-17;;/h4-5,10-11,15-16,18H,2-3,6-9H2,1H3;2*1H/t15-;;/m1../s1. The average Bonchev–Trinajstić information content (AvgIpc) is 3.27. The molecule has 0 radical (unpaired) electrons. The van der Waals surface area contributed by atoms with E-state index in [-0.39, 0.29) is 30.6 Å². The molecule has 0 amide bonds. The van der Waals surface area contributed by atoms with Gasteiger partial charge >= 0.3 is 0 Å². The molecule has 1 aliphatic carbocycles. The van der Waals surface area contributed by atoms with Gasteiger partial charge < -0.3 is 15.2 Å². The van der Waals surface area contributed by atoms with Gasteiger partial charge in [-0.15, -0.1) is 24.8 Å². The van der Waals surface area contributed by atoms with E-state index in [9.17, 15) is 5.11 Å². The first kappa shape index (κ1) is 18.4. The normalized spacial score (nSPS) is 20.0. The van der Waals surface area contributed by atoms with Crippen molar-refractivity contribution in [2.24, 2.45) is 5.92 Å². The number of ether oxygens (including phenoxy) is 1. The number of hydrogen-bond acceptors (Lipinski definition) is 4. The van der Waals surface area contributed by atoms with Gasteiger partial charge in [-0.25, -0.2) is 0 Å². The van der Waals surface area contributed by atoms with Crippen molar-refractivity contribution >= 4 is 24.8 Å². The molecule has 1 aromatic carbocycles. The SMILES string of the molecule is COc1cc([C@@H](C2CC2)N2CCNCC2)ccc1O.Cl.Cl. The minimum Gasteiger partial charge on any atom is -0.504 e. The Labute approximate surface area is 138 Å². The minimum atomic E-state index is 0. The highest BCUT2D eigenvalue weighted by molar-refractivity contribution is 5.85. The molecule has 4 nitrogen and oxygen atoms in total. The lowest BCUT2D eigenvalue weighted by Gasteiger charge is -2.35. The van der Waals surface area contributed by atoms with Crippen molar-refractivity contribution in [3.05, 3.63) is 23.8 Å². The molecule has 1 aromatic rings. The van der Waals surface area contributed by atoms with E-state index >= 15 is 0 Å². The summed E-state index contributed by atoms with van der Waals surface area (Å²) in [4.78, 5) is 2.57. The van der Waals surface area contributed by atoms with Crippen LogP contribution in [-0.2, 0) is 0 Å². The third-order valence-corrected chi connectivity index (χ3v) is 4.16. The van der Waals surface area contributed by atoms with Crippen LogP contribution in [-0.4, -0.2) is 43.3 Å². The summed E-state index contributed by atoms with van der Waals surface area (Å²) in [6.07, 6.45) is 2.63. The number of nitrogens with one attached hydrogen (secondary N) is 1. The second kappa shape index (κ2) is 8.08. The maximum absolute atomic E-state index is 9.73. The molecule has 6 heteroatoms. The Morgan fingerprint density at radius 1 is 1.24 bits per heavy atom. The fourth-order valence-corrected chi connectivity index (χ4v) is 3.03. The van der Waals surface area contributed by atoms with E-state index in [0.717, 1.165) is 32.1 Å². The van der Waals surface area contributed by atoms with Gasteiger partial charge in [-0.1, -0.05) is 6.07 Å². The molecule has 1 atom stereocenters. The summed E-state index contributed by atoms with van der Waals surface area (Å²) in [5, 5.41) is 13.1. The van der Waals surface area contributed by atoms with Gasteiger partial charge in [0.15, 0.2) is 11.5 Å². The van der Waals surface area contributed by atoms with Gasteiger partial charge in [-0.3, -0.25) is 4.90 Å². The number of phenols is 1. The van der Waals surface area contributed by atoms with Gasteiger partial charge in [-0.05, 0) is 36.5 Å². The molecule has 1 aliphatic heterocycles. The molecular weight excluding hydrogens is 311 g/mol. The summed E-state index contributed by atoms with van der Waals surface area (Å²) in [5.74, 6) is 1.58. The molecular formula is C15H24Cl2N2O2. The Kier molecular flexibility index (Phi) is 7.07. The van der Waals surface area contributed by atoms with Gasteiger partial charge in [0.1, 0.15) is 0 Å². The molecule has 1 saturated carbocycles. The molecule has 1 heterocycles. The predicted molar refractivity (Wildman–Crippen MR) is 89.1 cm³/mol. The van der Waals surface area contributed by atoms with Crippen molar-refractivity contribution in [3.8, 4) is 11.5 Å². The first-order valence-corrected chi connectivity index (χ1v) is 7.11. The predicted octanol–water partition coefficient (Wildman–Crippen LogP) is 2.60. The maximum atomic E-state index is 9.73. The molecule has 0 bridgehead atoms. The maximum Gasteiger partial charge on any atom is 0.160 e. The third kappa shape index (κ3) is 4.16. The van der Waals surface area contributed by atoms with Crippen LogP contribution in [0.5, 0.6) is 11.5 Å². The summed E-state index contributed by atoms with van der Waals surface area (Å²) < 4.78 is 5.24. The van der Waals surface area contributed by atoms with Crippen LogP contribution in [0.25, 0.3) is 0 Å². The summed E-state index contributed by atoms with van der Waals surface area (Å²) >= 11 is 0. The zero-order chi connectivity index (χ0) is 13.2. The first-order valence-electron chi connectivity index (χ1n) is 7.11. The van der Waals surface area contributed by atoms with Gasteiger partial charge in [0.05, 0.1) is 7.11 Å². The summed E-state index contributed by atoms with van der Waals surface area (Å²) in [6, 6.07) is 6.28. The lowest BCUT2D eigenvalue weighted by atomic mass is 9.99. The quantitative estimate of drug-likeness (QED) is 0.888. The number of halogens is 2. The highest BCUT2D eigenvalue weighted by Gasteiger charge is 2.36. The fourth-order valence-electron chi connectivity index (χ4n) is 3.03. The Balaban J connectivity index is 0.00000110. The Morgan fingerprint density at radius 2 is 1.90 bits per heavy atom. The molecule has 1 saturated heterocycles. The highest BCUT2D eigenvalue weighted by Crippen LogP contribution is 2.45. The van der Waals surface area contributed by atoms with Gasteiger partial charge in [0.2, 0.25) is 0 Å². The Hall–Kier alpha value is -0.680. The third-order valence-electron chi connectivity index (χ3n) is 4.16. The van der Waals surface area contributed by atoms with E-state index in [1.54, 1.807) is 13.2 Å². The molecule has 0 aromatic heterocycles. The van der Waals surface area contributed by atoms with Gasteiger partial charge in [0.25, 0.3) is 0 Å².